The molecule has 2 amide bonds. The maximum Gasteiger partial charge on any atom is 0.291 e. The number of anilines is 2. The summed E-state index contributed by atoms with van der Waals surface area (Å²) in [5.41, 5.74) is 1.27. The van der Waals surface area contributed by atoms with Crippen LogP contribution >= 0.6 is 0 Å². The molecule has 7 heteroatoms. The zero-order valence-electron chi connectivity index (χ0n) is 14.2. The number of methoxy groups -OCH3 is 2. The van der Waals surface area contributed by atoms with E-state index in [1.807, 2.05) is 0 Å². The first kappa shape index (κ1) is 17.0. The number of amides is 2. The van der Waals surface area contributed by atoms with Gasteiger partial charge in [-0.3, -0.25) is 9.59 Å². The van der Waals surface area contributed by atoms with Crippen LogP contribution in [0, 0.1) is 0 Å². The number of hydrogen-bond acceptors (Lipinski definition) is 5. The van der Waals surface area contributed by atoms with Crippen molar-refractivity contribution in [1.29, 1.82) is 0 Å². The molecule has 1 fully saturated rings. The van der Waals surface area contributed by atoms with Crippen molar-refractivity contribution in [2.45, 2.75) is 19.4 Å². The summed E-state index contributed by atoms with van der Waals surface area (Å²) in [6.07, 6.45) is 1.38. The lowest BCUT2D eigenvalue weighted by Crippen LogP contribution is -2.24. The van der Waals surface area contributed by atoms with Crippen LogP contribution in [0.4, 0.5) is 11.4 Å². The molecule has 0 radical (unpaired) electrons. The third-order valence-corrected chi connectivity index (χ3v) is 3.97. The average Bonchev–Trinajstić information content (AvgIpc) is 3.24. The largest absolute Gasteiger partial charge is 0.494 e. The van der Waals surface area contributed by atoms with Gasteiger partial charge >= 0.3 is 0 Å². The van der Waals surface area contributed by atoms with E-state index >= 15 is 0 Å². The Balaban J connectivity index is 1.76. The van der Waals surface area contributed by atoms with Crippen molar-refractivity contribution in [2.75, 3.05) is 31.0 Å². The fraction of sp³-hybridized carbons (Fsp3) is 0.333. The van der Waals surface area contributed by atoms with Gasteiger partial charge in [0.15, 0.2) is 5.76 Å². The molecule has 2 heterocycles. The summed E-state index contributed by atoms with van der Waals surface area (Å²) in [5.74, 6) is 1.02. The highest BCUT2D eigenvalue weighted by Crippen LogP contribution is 2.34. The molecule has 1 N–H and O–H groups in total. The zero-order valence-corrected chi connectivity index (χ0v) is 14.2. The molecule has 0 saturated carbocycles. The Morgan fingerprint density at radius 2 is 2.12 bits per heavy atom. The van der Waals surface area contributed by atoms with E-state index in [9.17, 15) is 9.59 Å². The fourth-order valence-corrected chi connectivity index (χ4v) is 2.79. The molecule has 7 nitrogen and oxygen atoms in total. The topological polar surface area (TPSA) is 81.0 Å². The Labute approximate surface area is 145 Å². The lowest BCUT2D eigenvalue weighted by atomic mass is 10.2. The molecule has 2 aromatic rings. The highest BCUT2D eigenvalue weighted by Gasteiger charge is 2.24. The molecule has 1 aromatic carbocycles. The summed E-state index contributed by atoms with van der Waals surface area (Å²) >= 11 is 0. The Bertz CT molecular complexity index is 784. The van der Waals surface area contributed by atoms with Crippen LogP contribution in [0.2, 0.25) is 0 Å². The molecule has 1 aliphatic rings. The van der Waals surface area contributed by atoms with Crippen molar-refractivity contribution in [1.82, 2.24) is 0 Å². The summed E-state index contributed by atoms with van der Waals surface area (Å²) < 4.78 is 15.8. The molecular formula is C18H20N2O5. The lowest BCUT2D eigenvalue weighted by molar-refractivity contribution is -0.117. The van der Waals surface area contributed by atoms with Crippen molar-refractivity contribution in [3.8, 4) is 5.75 Å². The first-order valence-electron chi connectivity index (χ1n) is 8.00. The summed E-state index contributed by atoms with van der Waals surface area (Å²) in [6, 6.07) is 8.49. The highest BCUT2D eigenvalue weighted by molar-refractivity contribution is 6.03. The van der Waals surface area contributed by atoms with E-state index in [0.717, 1.165) is 6.42 Å². The normalized spacial score (nSPS) is 14.0. The standard InChI is InChI=1S/C18H20N2O5/c1-23-11-13-6-8-15(25-13)18(22)19-12-5-7-14(16(10-12)24-2)20-9-3-4-17(20)21/h5-8,10H,3-4,9,11H2,1-2H3,(H,19,22). The van der Waals surface area contributed by atoms with E-state index in [4.69, 9.17) is 13.9 Å². The van der Waals surface area contributed by atoms with E-state index in [0.29, 0.717) is 42.5 Å². The van der Waals surface area contributed by atoms with Crippen molar-refractivity contribution in [3.05, 3.63) is 41.9 Å². The summed E-state index contributed by atoms with van der Waals surface area (Å²) in [7, 11) is 3.09. The van der Waals surface area contributed by atoms with E-state index in [2.05, 4.69) is 5.32 Å². The van der Waals surface area contributed by atoms with Gasteiger partial charge in [0.1, 0.15) is 18.1 Å². The second-order valence-electron chi connectivity index (χ2n) is 5.69. The van der Waals surface area contributed by atoms with Gasteiger partial charge in [0.05, 0.1) is 12.8 Å². The van der Waals surface area contributed by atoms with E-state index in [-0.39, 0.29) is 17.6 Å². The number of benzene rings is 1. The molecular weight excluding hydrogens is 324 g/mol. The smallest absolute Gasteiger partial charge is 0.291 e. The van der Waals surface area contributed by atoms with Gasteiger partial charge in [-0.25, -0.2) is 0 Å². The minimum atomic E-state index is -0.366. The molecule has 1 aliphatic heterocycles. The van der Waals surface area contributed by atoms with Crippen LogP contribution in [0.25, 0.3) is 0 Å². The number of nitrogens with zero attached hydrogens (tertiary/aromatic N) is 1. The van der Waals surface area contributed by atoms with Crippen LogP contribution in [-0.2, 0) is 16.1 Å². The molecule has 0 aliphatic carbocycles. The minimum Gasteiger partial charge on any atom is -0.494 e. The fourth-order valence-electron chi connectivity index (χ4n) is 2.79. The van der Waals surface area contributed by atoms with Gasteiger partial charge in [0.2, 0.25) is 5.91 Å². The van der Waals surface area contributed by atoms with Gasteiger partial charge in [-0.05, 0) is 30.7 Å². The molecule has 0 unspecified atom stereocenters. The van der Waals surface area contributed by atoms with Gasteiger partial charge in [-0.15, -0.1) is 0 Å². The molecule has 0 bridgehead atoms. The Morgan fingerprint density at radius 3 is 2.80 bits per heavy atom. The molecule has 25 heavy (non-hydrogen) atoms. The zero-order chi connectivity index (χ0) is 17.8. The Hall–Kier alpha value is -2.80. The van der Waals surface area contributed by atoms with Gasteiger partial charge in [0.25, 0.3) is 5.91 Å². The summed E-state index contributed by atoms with van der Waals surface area (Å²) in [6.45, 7) is 0.981. The quantitative estimate of drug-likeness (QED) is 0.871. The summed E-state index contributed by atoms with van der Waals surface area (Å²) in [4.78, 5) is 25.9. The van der Waals surface area contributed by atoms with Gasteiger partial charge in [-0.2, -0.15) is 0 Å². The molecule has 3 rings (SSSR count). The molecule has 0 atom stereocenters. The first-order chi connectivity index (χ1) is 12.1. The molecule has 132 valence electrons. The van der Waals surface area contributed by atoms with Crippen LogP contribution in [0.15, 0.2) is 34.7 Å². The third kappa shape index (κ3) is 3.66. The van der Waals surface area contributed by atoms with Crippen LogP contribution in [0.5, 0.6) is 5.75 Å². The Morgan fingerprint density at radius 1 is 1.28 bits per heavy atom. The van der Waals surface area contributed by atoms with Crippen molar-refractivity contribution >= 4 is 23.2 Å². The number of hydrogen-bond donors (Lipinski definition) is 1. The number of carbonyl (C=O) groups is 2. The van der Waals surface area contributed by atoms with Gasteiger partial charge < -0.3 is 24.1 Å². The van der Waals surface area contributed by atoms with Crippen molar-refractivity contribution in [3.63, 3.8) is 0 Å². The number of furan rings is 1. The van der Waals surface area contributed by atoms with E-state index in [1.54, 1.807) is 42.3 Å². The van der Waals surface area contributed by atoms with Crippen LogP contribution in [-0.4, -0.2) is 32.6 Å². The van der Waals surface area contributed by atoms with Crippen molar-refractivity contribution in [2.24, 2.45) is 0 Å². The molecule has 0 spiro atoms. The van der Waals surface area contributed by atoms with Crippen LogP contribution < -0.4 is 15.0 Å². The monoisotopic (exact) mass is 344 g/mol. The van der Waals surface area contributed by atoms with E-state index < -0.39 is 0 Å². The van der Waals surface area contributed by atoms with Gasteiger partial charge in [0, 0.05) is 31.8 Å². The number of nitrogens with one attached hydrogen (secondary N) is 1. The third-order valence-electron chi connectivity index (χ3n) is 3.97. The highest BCUT2D eigenvalue weighted by atomic mass is 16.5. The first-order valence-corrected chi connectivity index (χ1v) is 8.00. The number of ether oxygens (including phenoxy) is 2. The summed E-state index contributed by atoms with van der Waals surface area (Å²) in [5, 5.41) is 2.76. The average molecular weight is 344 g/mol. The maximum atomic E-state index is 12.3. The second kappa shape index (κ2) is 7.40. The SMILES string of the molecule is COCc1ccc(C(=O)Nc2ccc(N3CCCC3=O)c(OC)c2)o1. The minimum absolute atomic E-state index is 0.0799. The maximum absolute atomic E-state index is 12.3. The van der Waals surface area contributed by atoms with Crippen molar-refractivity contribution < 1.29 is 23.5 Å². The predicted molar refractivity (Wildman–Crippen MR) is 92.0 cm³/mol. The van der Waals surface area contributed by atoms with Crippen LogP contribution in [0.3, 0.4) is 0 Å². The molecule has 1 saturated heterocycles. The van der Waals surface area contributed by atoms with Crippen LogP contribution in [0.1, 0.15) is 29.2 Å². The second-order valence-corrected chi connectivity index (χ2v) is 5.69. The Kier molecular flexibility index (Phi) is 5.04. The molecule has 1 aromatic heterocycles. The van der Waals surface area contributed by atoms with Gasteiger partial charge in [-0.1, -0.05) is 0 Å². The number of rotatable bonds is 6. The lowest BCUT2D eigenvalue weighted by Gasteiger charge is -2.19. The van der Waals surface area contributed by atoms with E-state index in [1.165, 1.54) is 7.11 Å². The predicted octanol–water partition coefficient (Wildman–Crippen LogP) is 2.81. The number of carbonyl (C=O) groups excluding carboxylic acids is 2.